The van der Waals surface area contributed by atoms with Crippen molar-refractivity contribution in [2.75, 3.05) is 13.2 Å². The van der Waals surface area contributed by atoms with Crippen LogP contribution in [0.5, 0.6) is 0 Å². The fourth-order valence-corrected chi connectivity index (χ4v) is 6.49. The predicted octanol–water partition coefficient (Wildman–Crippen LogP) is 5.39. The van der Waals surface area contributed by atoms with Gasteiger partial charge in [-0.2, -0.15) is 0 Å². The number of ether oxygens (including phenoxy) is 2. The Balaban J connectivity index is 1.35. The molecule has 1 aromatic heterocycles. The third-order valence-corrected chi connectivity index (χ3v) is 9.52. The summed E-state index contributed by atoms with van der Waals surface area (Å²) in [4.78, 5) is 71.3. The summed E-state index contributed by atoms with van der Waals surface area (Å²) in [5.74, 6) is -2.38. The van der Waals surface area contributed by atoms with Gasteiger partial charge in [-0.15, -0.1) is 0 Å². The minimum absolute atomic E-state index is 0.00736. The molecule has 5 rings (SSSR count). The van der Waals surface area contributed by atoms with Crippen LogP contribution in [-0.4, -0.2) is 65.9 Å². The number of H-pyrrole nitrogens is 1. The van der Waals surface area contributed by atoms with E-state index in [9.17, 15) is 24.0 Å². The molecule has 6 N–H and O–H groups in total. The number of carbonyl (C=O) groups is 5. The van der Waals surface area contributed by atoms with E-state index in [2.05, 4.69) is 20.9 Å². The number of fused-ring (bicyclic) bond motifs is 1. The lowest BCUT2D eigenvalue weighted by molar-refractivity contribution is -0.133. The number of unbranched alkanes of at least 4 members (excludes halogenated alkanes) is 1. The largest absolute Gasteiger partial charge is 0.454 e. The molecule has 0 aliphatic carbocycles. The number of hydrogen-bond donors (Lipinski definition) is 5. The monoisotopic (exact) mass is 759 g/mol. The molecule has 0 aliphatic rings. The lowest BCUT2D eigenvalue weighted by Crippen LogP contribution is -2.57. The van der Waals surface area contributed by atoms with Gasteiger partial charge in [-0.3, -0.25) is 14.4 Å². The molecule has 12 nitrogen and oxygen atoms in total. The summed E-state index contributed by atoms with van der Waals surface area (Å²) in [7, 11) is 0. The van der Waals surface area contributed by atoms with Crippen LogP contribution in [0.2, 0.25) is 0 Å². The molecule has 5 aromatic rings. The Hall–Kier alpha value is -6.27. The van der Waals surface area contributed by atoms with E-state index in [1.54, 1.807) is 32.2 Å². The number of rotatable bonds is 19. The van der Waals surface area contributed by atoms with Crippen LogP contribution in [0.4, 0.5) is 4.79 Å². The molecule has 1 heterocycles. The quantitative estimate of drug-likeness (QED) is 0.0549. The van der Waals surface area contributed by atoms with E-state index < -0.39 is 54.4 Å². The number of nitrogens with two attached hydrogens (primary N) is 1. The number of Topliss-reactive ketones (excluding diaryl/α,β-unsaturated/α-hetero) is 1. The van der Waals surface area contributed by atoms with Gasteiger partial charge in [0.2, 0.25) is 11.8 Å². The van der Waals surface area contributed by atoms with Crippen LogP contribution in [0.15, 0.2) is 109 Å². The third-order valence-electron chi connectivity index (χ3n) is 9.52. The highest BCUT2D eigenvalue weighted by Gasteiger charge is 2.31. The van der Waals surface area contributed by atoms with Crippen LogP contribution in [0.25, 0.3) is 10.9 Å². The number of aromatic nitrogens is 1. The molecule has 0 aliphatic heterocycles. The van der Waals surface area contributed by atoms with E-state index in [-0.39, 0.29) is 25.9 Å². The number of carbonyl (C=O) groups excluding carboxylic acids is 5. The summed E-state index contributed by atoms with van der Waals surface area (Å²) in [6, 6.07) is 28.0. The molecule has 0 unspecified atom stereocenters. The van der Waals surface area contributed by atoms with Crippen molar-refractivity contribution in [2.24, 2.45) is 5.73 Å². The number of ketones is 1. The van der Waals surface area contributed by atoms with Crippen LogP contribution < -0.4 is 21.7 Å². The van der Waals surface area contributed by atoms with Crippen LogP contribution >= 0.6 is 0 Å². The second kappa shape index (κ2) is 20.4. The molecule has 3 atom stereocenters. The highest BCUT2D eigenvalue weighted by atomic mass is 16.5. The summed E-state index contributed by atoms with van der Waals surface area (Å²) < 4.78 is 10.9. The van der Waals surface area contributed by atoms with Gasteiger partial charge in [0.15, 0.2) is 12.4 Å². The summed E-state index contributed by atoms with van der Waals surface area (Å²) >= 11 is 0. The zero-order chi connectivity index (χ0) is 39.9. The Labute approximate surface area is 326 Å². The number of esters is 1. The highest BCUT2D eigenvalue weighted by molar-refractivity contribution is 5.97. The first-order valence-corrected chi connectivity index (χ1v) is 18.8. The zero-order valence-corrected chi connectivity index (χ0v) is 31.7. The first kappa shape index (κ1) is 40.9. The van der Waals surface area contributed by atoms with Crippen molar-refractivity contribution < 1.29 is 33.4 Å². The van der Waals surface area contributed by atoms with Gasteiger partial charge in [0.05, 0.1) is 11.6 Å². The maximum Gasteiger partial charge on any atom is 0.408 e. The van der Waals surface area contributed by atoms with Gasteiger partial charge in [-0.25, -0.2) is 9.59 Å². The Bertz CT molecular complexity index is 2080. The molecule has 12 heteroatoms. The number of para-hydroxylation sites is 1. The molecular formula is C44H49N5O7. The van der Waals surface area contributed by atoms with Crippen molar-refractivity contribution in [1.29, 1.82) is 0 Å². The highest BCUT2D eigenvalue weighted by Crippen LogP contribution is 2.20. The van der Waals surface area contributed by atoms with E-state index in [1.807, 2.05) is 91.0 Å². The van der Waals surface area contributed by atoms with Gasteiger partial charge < -0.3 is 36.1 Å². The summed E-state index contributed by atoms with van der Waals surface area (Å²) in [6.45, 7) is 3.40. The minimum atomic E-state index is -1.15. The third kappa shape index (κ3) is 11.6. The SMILES string of the molecule is Cc1cccc(C)c1C(=O)OCC(=O)[C@H](CCCCN)NC(=O)[C@H](Cc1ccccc1)NC(=O)[C@H](Cc1c[nH]c2ccccc12)NC(=O)OCc1ccccc1. The molecule has 0 spiro atoms. The van der Waals surface area contributed by atoms with Crippen molar-refractivity contribution >= 4 is 40.6 Å². The number of aromatic amines is 1. The fraction of sp³-hybridized carbons (Fsp3) is 0.295. The lowest BCUT2D eigenvalue weighted by atomic mass is 10.0. The van der Waals surface area contributed by atoms with Gasteiger partial charge in [-0.1, -0.05) is 97.1 Å². The topological polar surface area (TPSA) is 182 Å². The van der Waals surface area contributed by atoms with Crippen molar-refractivity contribution in [2.45, 2.75) is 70.7 Å². The first-order valence-electron chi connectivity index (χ1n) is 18.8. The number of nitrogens with one attached hydrogen (secondary N) is 4. The lowest BCUT2D eigenvalue weighted by Gasteiger charge is -2.25. The number of benzene rings is 4. The van der Waals surface area contributed by atoms with Gasteiger partial charge in [0.1, 0.15) is 18.7 Å². The average Bonchev–Trinajstić information content (AvgIpc) is 3.61. The Morgan fingerprint density at radius 2 is 1.27 bits per heavy atom. The molecular weight excluding hydrogens is 711 g/mol. The van der Waals surface area contributed by atoms with Crippen LogP contribution in [0, 0.1) is 13.8 Å². The van der Waals surface area contributed by atoms with Crippen molar-refractivity contribution in [1.82, 2.24) is 20.9 Å². The number of hydrogen-bond acceptors (Lipinski definition) is 8. The predicted molar refractivity (Wildman–Crippen MR) is 214 cm³/mol. The fourth-order valence-electron chi connectivity index (χ4n) is 6.49. The first-order chi connectivity index (χ1) is 27.1. The molecule has 0 fully saturated rings. The van der Waals surface area contributed by atoms with Crippen LogP contribution in [0.3, 0.4) is 0 Å². The smallest absolute Gasteiger partial charge is 0.408 e. The zero-order valence-electron chi connectivity index (χ0n) is 31.7. The van der Waals surface area contributed by atoms with E-state index in [0.717, 1.165) is 38.7 Å². The molecule has 3 amide bonds. The molecule has 0 saturated carbocycles. The second-order valence-electron chi connectivity index (χ2n) is 13.7. The normalized spacial score (nSPS) is 12.6. The van der Waals surface area contributed by atoms with E-state index in [0.29, 0.717) is 24.9 Å². The van der Waals surface area contributed by atoms with Gasteiger partial charge >= 0.3 is 12.1 Å². The minimum Gasteiger partial charge on any atom is -0.454 e. The van der Waals surface area contributed by atoms with E-state index in [4.69, 9.17) is 15.2 Å². The van der Waals surface area contributed by atoms with Crippen molar-refractivity contribution in [3.63, 3.8) is 0 Å². The number of alkyl carbamates (subject to hydrolysis) is 1. The summed E-state index contributed by atoms with van der Waals surface area (Å²) in [5.41, 5.74) is 10.7. The van der Waals surface area contributed by atoms with Crippen molar-refractivity contribution in [3.8, 4) is 0 Å². The molecule has 292 valence electrons. The Morgan fingerprint density at radius 1 is 0.661 bits per heavy atom. The average molecular weight is 760 g/mol. The van der Waals surface area contributed by atoms with Gasteiger partial charge in [0, 0.05) is 29.9 Å². The Kier molecular flexibility index (Phi) is 14.9. The molecule has 56 heavy (non-hydrogen) atoms. The van der Waals surface area contributed by atoms with Gasteiger partial charge in [0.25, 0.3) is 0 Å². The van der Waals surface area contributed by atoms with E-state index in [1.165, 1.54) is 0 Å². The Morgan fingerprint density at radius 3 is 1.95 bits per heavy atom. The van der Waals surface area contributed by atoms with Gasteiger partial charge in [-0.05, 0) is 73.5 Å². The summed E-state index contributed by atoms with van der Waals surface area (Å²) in [5, 5.41) is 9.26. The molecule has 0 bridgehead atoms. The second-order valence-corrected chi connectivity index (χ2v) is 13.7. The molecule has 4 aromatic carbocycles. The van der Waals surface area contributed by atoms with Crippen LogP contribution in [0.1, 0.15) is 57.4 Å². The maximum absolute atomic E-state index is 14.2. The molecule has 0 radical (unpaired) electrons. The van der Waals surface area contributed by atoms with Crippen LogP contribution in [-0.2, 0) is 43.3 Å². The number of amides is 3. The standard InChI is InChI=1S/C44H49N5O7/c1-29-14-13-15-30(2)40(29)43(53)55-28-39(50)36(22-11-12-23-45)47-41(51)37(24-31-16-5-3-6-17-31)48-42(52)38(25-33-26-46-35-21-10-9-20-34(33)35)49-44(54)56-27-32-18-7-4-8-19-32/h3-10,13-21,26,36-38,46H,11-12,22-25,27-28,45H2,1-2H3,(H,47,51)(H,48,52)(H,49,54)/t36-,37-,38-/m0/s1. The van der Waals surface area contributed by atoms with E-state index >= 15 is 0 Å². The van der Waals surface area contributed by atoms with Crippen molar-refractivity contribution in [3.05, 3.63) is 143 Å². The number of aryl methyl sites for hydroxylation is 2. The summed E-state index contributed by atoms with van der Waals surface area (Å²) in [6.07, 6.45) is 2.51. The molecule has 0 saturated heterocycles. The maximum atomic E-state index is 14.2.